The molecule has 10 heteroatoms. The Kier molecular flexibility index (Phi) is 6.91. The summed E-state index contributed by atoms with van der Waals surface area (Å²) in [6.07, 6.45) is 0. The molecule has 0 spiro atoms. The topological polar surface area (TPSA) is 99.8 Å². The molecule has 0 unspecified atom stereocenters. The number of nitrogens with zero attached hydrogens (tertiary/aromatic N) is 2. The summed E-state index contributed by atoms with van der Waals surface area (Å²) in [7, 11) is 0. The van der Waals surface area contributed by atoms with Crippen molar-refractivity contribution in [2.75, 3.05) is 11.1 Å². The molecule has 0 bridgehead atoms. The van der Waals surface area contributed by atoms with Crippen molar-refractivity contribution in [3.63, 3.8) is 0 Å². The molecule has 0 fully saturated rings. The molecule has 2 amide bonds. The van der Waals surface area contributed by atoms with Gasteiger partial charge in [0.2, 0.25) is 11.1 Å². The predicted molar refractivity (Wildman–Crippen MR) is 110 cm³/mol. The minimum Gasteiger partial charge on any atom is -0.345 e. The maximum absolute atomic E-state index is 12.1. The van der Waals surface area contributed by atoms with E-state index in [1.54, 1.807) is 48.5 Å². The van der Waals surface area contributed by atoms with Crippen molar-refractivity contribution in [2.45, 2.75) is 11.7 Å². The van der Waals surface area contributed by atoms with Gasteiger partial charge in [0.25, 0.3) is 5.91 Å². The Bertz CT molecular complexity index is 978. The van der Waals surface area contributed by atoms with E-state index in [1.807, 2.05) is 0 Å². The molecule has 0 radical (unpaired) electrons. The lowest BCUT2D eigenvalue weighted by molar-refractivity contribution is -0.113. The molecule has 0 saturated heterocycles. The number of hydrogen-bond donors (Lipinski definition) is 3. The van der Waals surface area contributed by atoms with E-state index in [9.17, 15) is 9.59 Å². The highest BCUT2D eigenvalue weighted by Crippen LogP contribution is 2.21. The van der Waals surface area contributed by atoms with Crippen LogP contribution in [0.1, 0.15) is 16.2 Å². The van der Waals surface area contributed by atoms with E-state index in [0.717, 1.165) is 0 Å². The number of amides is 2. The lowest BCUT2D eigenvalue weighted by Gasteiger charge is -2.05. The van der Waals surface area contributed by atoms with Crippen molar-refractivity contribution in [1.82, 2.24) is 20.5 Å². The number of carbonyl (C=O) groups is 2. The Morgan fingerprint density at radius 1 is 1.07 bits per heavy atom. The smallest absolute Gasteiger partial charge is 0.251 e. The molecule has 28 heavy (non-hydrogen) atoms. The largest absolute Gasteiger partial charge is 0.345 e. The Hall–Kier alpha value is -2.55. The number of aromatic nitrogens is 3. The van der Waals surface area contributed by atoms with Crippen LogP contribution >= 0.6 is 35.0 Å². The van der Waals surface area contributed by atoms with Gasteiger partial charge in [-0.05, 0) is 36.4 Å². The molecule has 0 aliphatic carbocycles. The molecule has 1 heterocycles. The highest BCUT2D eigenvalue weighted by molar-refractivity contribution is 7.99. The van der Waals surface area contributed by atoms with Gasteiger partial charge in [0.05, 0.1) is 23.0 Å². The first-order valence-corrected chi connectivity index (χ1v) is 9.87. The van der Waals surface area contributed by atoms with Gasteiger partial charge in [0.1, 0.15) is 5.82 Å². The van der Waals surface area contributed by atoms with E-state index in [1.165, 1.54) is 11.8 Å². The SMILES string of the molecule is O=C(CSc1n[nH]c(CNC(=O)c2ccc(Cl)cc2)n1)Nc1ccccc1Cl. The normalized spacial score (nSPS) is 10.5. The maximum Gasteiger partial charge on any atom is 0.251 e. The zero-order valence-electron chi connectivity index (χ0n) is 14.4. The summed E-state index contributed by atoms with van der Waals surface area (Å²) >= 11 is 13.0. The third-order valence-corrected chi connectivity index (χ3v) is 4.94. The molecule has 144 valence electrons. The molecule has 0 aliphatic heterocycles. The van der Waals surface area contributed by atoms with Gasteiger partial charge in [-0.15, -0.1) is 5.10 Å². The van der Waals surface area contributed by atoms with E-state index < -0.39 is 0 Å². The molecule has 7 nitrogen and oxygen atoms in total. The van der Waals surface area contributed by atoms with Crippen molar-refractivity contribution in [2.24, 2.45) is 0 Å². The van der Waals surface area contributed by atoms with Crippen LogP contribution in [0.2, 0.25) is 10.0 Å². The van der Waals surface area contributed by atoms with Crippen LogP contribution in [0.15, 0.2) is 53.7 Å². The van der Waals surface area contributed by atoms with E-state index in [4.69, 9.17) is 23.2 Å². The fourth-order valence-corrected chi connectivity index (χ4v) is 3.09. The van der Waals surface area contributed by atoms with E-state index >= 15 is 0 Å². The lowest BCUT2D eigenvalue weighted by atomic mass is 10.2. The number of hydrogen-bond acceptors (Lipinski definition) is 5. The van der Waals surface area contributed by atoms with Gasteiger partial charge in [-0.1, -0.05) is 47.1 Å². The standard InChI is InChI=1S/C18H15Cl2N5O2S/c19-12-7-5-11(6-8-12)17(27)21-9-15-23-18(25-24-15)28-10-16(26)22-14-4-2-1-3-13(14)20/h1-8H,9-10H2,(H,21,27)(H,22,26)(H,23,24,25). The molecular formula is C18H15Cl2N5O2S. The maximum atomic E-state index is 12.1. The fourth-order valence-electron chi connectivity index (χ4n) is 2.17. The molecular weight excluding hydrogens is 421 g/mol. The molecule has 3 N–H and O–H groups in total. The minimum absolute atomic E-state index is 0.125. The highest BCUT2D eigenvalue weighted by Gasteiger charge is 2.11. The highest BCUT2D eigenvalue weighted by atomic mass is 35.5. The second kappa shape index (κ2) is 9.59. The van der Waals surface area contributed by atoms with Crippen LogP contribution in [0.4, 0.5) is 5.69 Å². The van der Waals surface area contributed by atoms with Gasteiger partial charge < -0.3 is 10.6 Å². The van der Waals surface area contributed by atoms with Crippen LogP contribution in [0, 0.1) is 0 Å². The van der Waals surface area contributed by atoms with Crippen LogP contribution in [-0.4, -0.2) is 32.7 Å². The summed E-state index contributed by atoms with van der Waals surface area (Å²) < 4.78 is 0. The van der Waals surface area contributed by atoms with Crippen LogP contribution < -0.4 is 10.6 Å². The minimum atomic E-state index is -0.249. The number of nitrogens with one attached hydrogen (secondary N) is 3. The van der Waals surface area contributed by atoms with E-state index in [0.29, 0.717) is 32.3 Å². The first-order chi connectivity index (χ1) is 13.5. The van der Waals surface area contributed by atoms with Crippen LogP contribution in [-0.2, 0) is 11.3 Å². The summed E-state index contributed by atoms with van der Waals surface area (Å²) in [4.78, 5) is 28.3. The average molecular weight is 436 g/mol. The van der Waals surface area contributed by atoms with Gasteiger partial charge in [-0.2, -0.15) is 0 Å². The summed E-state index contributed by atoms with van der Waals surface area (Å²) in [5.41, 5.74) is 1.05. The Balaban J connectivity index is 1.46. The van der Waals surface area contributed by atoms with Crippen molar-refractivity contribution < 1.29 is 9.59 Å². The van der Waals surface area contributed by atoms with Crippen molar-refractivity contribution >= 4 is 52.5 Å². The summed E-state index contributed by atoms with van der Waals surface area (Å²) in [6, 6.07) is 13.6. The Morgan fingerprint density at radius 2 is 1.82 bits per heavy atom. The van der Waals surface area contributed by atoms with Crippen molar-refractivity contribution in [3.8, 4) is 0 Å². The molecule has 0 atom stereocenters. The van der Waals surface area contributed by atoms with Gasteiger partial charge in [0, 0.05) is 10.6 Å². The number of H-pyrrole nitrogens is 1. The second-order valence-corrected chi connectivity index (χ2v) is 7.36. The monoisotopic (exact) mass is 435 g/mol. The first kappa shape index (κ1) is 20.2. The number of rotatable bonds is 7. The summed E-state index contributed by atoms with van der Waals surface area (Å²) in [6.45, 7) is 0.181. The quantitative estimate of drug-likeness (QED) is 0.490. The number of aromatic amines is 1. The van der Waals surface area contributed by atoms with Gasteiger partial charge >= 0.3 is 0 Å². The van der Waals surface area contributed by atoms with Crippen LogP contribution in [0.25, 0.3) is 0 Å². The average Bonchev–Trinajstić information content (AvgIpc) is 3.15. The van der Waals surface area contributed by atoms with Gasteiger partial charge in [0.15, 0.2) is 0 Å². The predicted octanol–water partition coefficient (Wildman–Crippen LogP) is 3.77. The Morgan fingerprint density at radius 3 is 2.57 bits per heavy atom. The molecule has 2 aromatic carbocycles. The summed E-state index contributed by atoms with van der Waals surface area (Å²) in [5.74, 6) is 0.137. The third-order valence-electron chi connectivity index (χ3n) is 3.51. The van der Waals surface area contributed by atoms with Gasteiger partial charge in [-0.25, -0.2) is 4.98 Å². The number of anilines is 1. The molecule has 1 aromatic heterocycles. The fraction of sp³-hybridized carbons (Fsp3) is 0.111. The molecule has 0 aliphatic rings. The number of thioether (sulfide) groups is 1. The third kappa shape index (κ3) is 5.72. The van der Waals surface area contributed by atoms with Crippen molar-refractivity contribution in [1.29, 1.82) is 0 Å². The zero-order valence-corrected chi connectivity index (χ0v) is 16.7. The van der Waals surface area contributed by atoms with E-state index in [2.05, 4.69) is 25.8 Å². The lowest BCUT2D eigenvalue weighted by Crippen LogP contribution is -2.23. The number of carbonyl (C=O) groups excluding carboxylic acids is 2. The molecule has 3 rings (SSSR count). The number of para-hydroxylation sites is 1. The zero-order chi connectivity index (χ0) is 19.9. The number of halogens is 2. The van der Waals surface area contributed by atoms with Crippen molar-refractivity contribution in [3.05, 3.63) is 70.0 Å². The van der Waals surface area contributed by atoms with Crippen LogP contribution in [0.3, 0.4) is 0 Å². The Labute approximate surface area is 175 Å². The number of benzene rings is 2. The van der Waals surface area contributed by atoms with E-state index in [-0.39, 0.29) is 24.1 Å². The second-order valence-electron chi connectivity index (χ2n) is 5.57. The molecule has 0 saturated carbocycles. The van der Waals surface area contributed by atoms with Gasteiger partial charge in [-0.3, -0.25) is 14.7 Å². The molecule has 3 aromatic rings. The summed E-state index contributed by atoms with van der Waals surface area (Å²) in [5, 5.41) is 13.7. The first-order valence-electron chi connectivity index (χ1n) is 8.13. The van der Waals surface area contributed by atoms with Crippen LogP contribution in [0.5, 0.6) is 0 Å².